The molecule has 0 spiro atoms. The highest BCUT2D eigenvalue weighted by molar-refractivity contribution is 9.10. The predicted octanol–water partition coefficient (Wildman–Crippen LogP) is 5.35. The summed E-state index contributed by atoms with van der Waals surface area (Å²) >= 11 is 9.71. The number of ether oxygens (including phenoxy) is 1. The highest BCUT2D eigenvalue weighted by atomic mass is 79.9. The van der Waals surface area contributed by atoms with E-state index in [1.807, 2.05) is 24.3 Å². The number of methoxy groups -OCH3 is 1. The van der Waals surface area contributed by atoms with Gasteiger partial charge < -0.3 is 10.1 Å². The Bertz CT molecular complexity index is 586. The molecule has 2 nitrogen and oxygen atoms in total. The van der Waals surface area contributed by atoms with Crippen molar-refractivity contribution in [2.75, 3.05) is 7.11 Å². The van der Waals surface area contributed by atoms with E-state index in [4.69, 9.17) is 16.3 Å². The molecule has 2 rings (SSSR count). The minimum atomic E-state index is 0.297. The topological polar surface area (TPSA) is 21.3 Å². The Kier molecular flexibility index (Phi) is 6.09. The highest BCUT2D eigenvalue weighted by Crippen LogP contribution is 2.24. The minimum absolute atomic E-state index is 0.297. The fraction of sp³-hybridized carbons (Fsp3) is 0.294. The van der Waals surface area contributed by atoms with Crippen LogP contribution in [-0.2, 0) is 6.54 Å². The van der Waals surface area contributed by atoms with Crippen molar-refractivity contribution in [3.8, 4) is 5.75 Å². The van der Waals surface area contributed by atoms with Gasteiger partial charge in [0.2, 0.25) is 0 Å². The van der Waals surface area contributed by atoms with Crippen LogP contribution in [0.25, 0.3) is 0 Å². The lowest BCUT2D eigenvalue weighted by atomic mass is 10.0. The Morgan fingerprint density at radius 1 is 1.19 bits per heavy atom. The van der Waals surface area contributed by atoms with E-state index in [1.165, 1.54) is 5.56 Å². The van der Waals surface area contributed by atoms with Gasteiger partial charge in [-0.1, -0.05) is 46.6 Å². The molecule has 0 aliphatic rings. The van der Waals surface area contributed by atoms with Gasteiger partial charge in [-0.25, -0.2) is 0 Å². The molecule has 0 fully saturated rings. The third kappa shape index (κ3) is 4.47. The molecule has 0 saturated heterocycles. The van der Waals surface area contributed by atoms with Crippen LogP contribution >= 0.6 is 27.5 Å². The van der Waals surface area contributed by atoms with Gasteiger partial charge in [-0.3, -0.25) is 0 Å². The number of benzene rings is 2. The normalized spacial score (nSPS) is 12.2. The van der Waals surface area contributed by atoms with Crippen LogP contribution < -0.4 is 10.1 Å². The molecule has 4 heteroatoms. The smallest absolute Gasteiger partial charge is 0.118 e. The van der Waals surface area contributed by atoms with Crippen molar-refractivity contribution in [2.24, 2.45) is 0 Å². The van der Waals surface area contributed by atoms with Gasteiger partial charge in [-0.15, -0.1) is 0 Å². The molecular weight excluding hydrogens is 350 g/mol. The van der Waals surface area contributed by atoms with Crippen molar-refractivity contribution in [3.63, 3.8) is 0 Å². The maximum absolute atomic E-state index is 6.23. The molecule has 0 aromatic heterocycles. The fourth-order valence-electron chi connectivity index (χ4n) is 2.25. The third-order valence-electron chi connectivity index (χ3n) is 3.47. The maximum atomic E-state index is 6.23. The van der Waals surface area contributed by atoms with Gasteiger partial charge in [0.05, 0.1) is 7.11 Å². The van der Waals surface area contributed by atoms with Crippen molar-refractivity contribution in [2.45, 2.75) is 25.9 Å². The van der Waals surface area contributed by atoms with Gasteiger partial charge in [0, 0.05) is 22.1 Å². The lowest BCUT2D eigenvalue weighted by Gasteiger charge is -2.18. The van der Waals surface area contributed by atoms with E-state index in [0.717, 1.165) is 33.8 Å². The molecule has 2 aromatic carbocycles. The van der Waals surface area contributed by atoms with Crippen LogP contribution in [0.2, 0.25) is 5.02 Å². The standard InChI is InChI=1S/C17H19BrClNO/c1-3-17(12-4-7-15(21-2)8-5-12)20-11-13-10-14(18)6-9-16(13)19/h4-10,17,20H,3,11H2,1-2H3. The van der Waals surface area contributed by atoms with Crippen LogP contribution in [0.4, 0.5) is 0 Å². The zero-order valence-electron chi connectivity index (χ0n) is 12.2. The van der Waals surface area contributed by atoms with E-state index in [1.54, 1.807) is 7.11 Å². The molecule has 1 atom stereocenters. The number of nitrogens with one attached hydrogen (secondary N) is 1. The first-order valence-electron chi connectivity index (χ1n) is 6.95. The van der Waals surface area contributed by atoms with Crippen LogP contribution in [0.3, 0.4) is 0 Å². The molecular formula is C17H19BrClNO. The average molecular weight is 369 g/mol. The highest BCUT2D eigenvalue weighted by Gasteiger charge is 2.10. The zero-order chi connectivity index (χ0) is 15.2. The van der Waals surface area contributed by atoms with Crippen LogP contribution in [0, 0.1) is 0 Å². The molecule has 0 aliphatic carbocycles. The maximum Gasteiger partial charge on any atom is 0.118 e. The zero-order valence-corrected chi connectivity index (χ0v) is 14.5. The van der Waals surface area contributed by atoms with Gasteiger partial charge in [-0.2, -0.15) is 0 Å². The second-order valence-corrected chi connectivity index (χ2v) is 6.17. The molecule has 1 unspecified atom stereocenters. The Morgan fingerprint density at radius 2 is 1.90 bits per heavy atom. The predicted molar refractivity (Wildman–Crippen MR) is 92.0 cm³/mol. The number of rotatable bonds is 6. The third-order valence-corrected chi connectivity index (χ3v) is 4.34. The van der Waals surface area contributed by atoms with E-state index in [0.29, 0.717) is 6.04 Å². The van der Waals surface area contributed by atoms with E-state index in [2.05, 4.69) is 46.4 Å². The van der Waals surface area contributed by atoms with E-state index in [-0.39, 0.29) is 0 Å². The lowest BCUT2D eigenvalue weighted by molar-refractivity contribution is 0.414. The summed E-state index contributed by atoms with van der Waals surface area (Å²) in [6, 6.07) is 14.4. The summed E-state index contributed by atoms with van der Waals surface area (Å²) in [6.45, 7) is 2.91. The molecule has 1 N–H and O–H groups in total. The molecule has 21 heavy (non-hydrogen) atoms. The first kappa shape index (κ1) is 16.3. The summed E-state index contributed by atoms with van der Waals surface area (Å²) in [6.07, 6.45) is 1.01. The van der Waals surface area contributed by atoms with Gasteiger partial charge in [0.1, 0.15) is 5.75 Å². The van der Waals surface area contributed by atoms with Crippen molar-refractivity contribution in [1.29, 1.82) is 0 Å². The fourth-order valence-corrected chi connectivity index (χ4v) is 2.84. The molecule has 2 aromatic rings. The van der Waals surface area contributed by atoms with Gasteiger partial charge >= 0.3 is 0 Å². The number of hydrogen-bond acceptors (Lipinski definition) is 2. The SMILES string of the molecule is CCC(NCc1cc(Br)ccc1Cl)c1ccc(OC)cc1. The van der Waals surface area contributed by atoms with Gasteiger partial charge in [-0.05, 0) is 47.9 Å². The second-order valence-electron chi connectivity index (χ2n) is 4.85. The van der Waals surface area contributed by atoms with Crippen molar-refractivity contribution in [3.05, 3.63) is 63.1 Å². The van der Waals surface area contributed by atoms with E-state index in [9.17, 15) is 0 Å². The molecule has 0 aliphatic heterocycles. The van der Waals surface area contributed by atoms with Gasteiger partial charge in [0.15, 0.2) is 0 Å². The first-order chi connectivity index (χ1) is 10.1. The van der Waals surface area contributed by atoms with Crippen LogP contribution in [-0.4, -0.2) is 7.11 Å². The van der Waals surface area contributed by atoms with Crippen LogP contribution in [0.15, 0.2) is 46.9 Å². The summed E-state index contributed by atoms with van der Waals surface area (Å²) in [4.78, 5) is 0. The quantitative estimate of drug-likeness (QED) is 0.742. The molecule has 0 radical (unpaired) electrons. The average Bonchev–Trinajstić information content (AvgIpc) is 2.51. The van der Waals surface area contributed by atoms with Crippen LogP contribution in [0.1, 0.15) is 30.5 Å². The summed E-state index contributed by atoms with van der Waals surface area (Å²) in [7, 11) is 1.68. The minimum Gasteiger partial charge on any atom is -0.497 e. The molecule has 0 bridgehead atoms. The van der Waals surface area contributed by atoms with Crippen molar-refractivity contribution < 1.29 is 4.74 Å². The monoisotopic (exact) mass is 367 g/mol. The number of halogens is 2. The first-order valence-corrected chi connectivity index (χ1v) is 8.12. The number of hydrogen-bond donors (Lipinski definition) is 1. The summed E-state index contributed by atoms with van der Waals surface area (Å²) in [5, 5.41) is 4.35. The molecule has 0 saturated carbocycles. The van der Waals surface area contributed by atoms with Crippen molar-refractivity contribution >= 4 is 27.5 Å². The largest absolute Gasteiger partial charge is 0.497 e. The Morgan fingerprint density at radius 3 is 2.52 bits per heavy atom. The summed E-state index contributed by atoms with van der Waals surface area (Å²) in [5.74, 6) is 0.878. The lowest BCUT2D eigenvalue weighted by Crippen LogP contribution is -2.20. The molecule has 0 amide bonds. The van der Waals surface area contributed by atoms with Gasteiger partial charge in [0.25, 0.3) is 0 Å². The van der Waals surface area contributed by atoms with Crippen LogP contribution in [0.5, 0.6) is 5.75 Å². The van der Waals surface area contributed by atoms with E-state index < -0.39 is 0 Å². The molecule has 112 valence electrons. The second kappa shape index (κ2) is 7.83. The summed E-state index contributed by atoms with van der Waals surface area (Å²) < 4.78 is 6.24. The molecule has 0 heterocycles. The Labute approximate surface area is 139 Å². The van der Waals surface area contributed by atoms with E-state index >= 15 is 0 Å². The Balaban J connectivity index is 2.06. The van der Waals surface area contributed by atoms with Crippen molar-refractivity contribution in [1.82, 2.24) is 5.32 Å². The summed E-state index contributed by atoms with van der Waals surface area (Å²) in [5.41, 5.74) is 2.35. The Hall–Kier alpha value is -1.03.